The molecule has 1 atom stereocenters. The topological polar surface area (TPSA) is 76.5 Å². The molecular formula is C20H25ClN4O3. The Hall–Kier alpha value is -2.54. The number of likely N-dealkylation sites (tertiary alicyclic amines) is 1. The van der Waals surface area contributed by atoms with Crippen molar-refractivity contribution in [2.75, 3.05) is 25.5 Å². The van der Waals surface area contributed by atoms with Crippen molar-refractivity contribution in [1.82, 2.24) is 14.7 Å². The van der Waals surface area contributed by atoms with Crippen LogP contribution in [0.3, 0.4) is 0 Å². The van der Waals surface area contributed by atoms with E-state index in [2.05, 4.69) is 10.4 Å². The molecule has 1 aromatic heterocycles. The lowest BCUT2D eigenvalue weighted by Gasteiger charge is -2.32. The number of methoxy groups -OCH3 is 1. The number of ether oxygens (including phenoxy) is 1. The van der Waals surface area contributed by atoms with Gasteiger partial charge < -0.3 is 15.0 Å². The predicted octanol–water partition coefficient (Wildman–Crippen LogP) is 3.35. The van der Waals surface area contributed by atoms with Crippen LogP contribution in [0.5, 0.6) is 5.75 Å². The number of halogens is 1. The van der Waals surface area contributed by atoms with Crippen molar-refractivity contribution in [3.05, 3.63) is 41.2 Å². The third-order valence-electron chi connectivity index (χ3n) is 5.06. The van der Waals surface area contributed by atoms with Gasteiger partial charge in [-0.1, -0.05) is 11.6 Å². The Balaban J connectivity index is 1.53. The van der Waals surface area contributed by atoms with Crippen molar-refractivity contribution in [1.29, 1.82) is 0 Å². The average molecular weight is 405 g/mol. The third-order valence-corrected chi connectivity index (χ3v) is 5.30. The molecule has 150 valence electrons. The Labute approximate surface area is 169 Å². The summed E-state index contributed by atoms with van der Waals surface area (Å²) in [5, 5.41) is 7.47. The number of carbonyl (C=O) groups excluding carboxylic acids is 2. The smallest absolute Gasteiger partial charge is 0.272 e. The Morgan fingerprint density at radius 2 is 2.18 bits per heavy atom. The number of anilines is 1. The van der Waals surface area contributed by atoms with Crippen LogP contribution < -0.4 is 10.1 Å². The molecule has 0 radical (unpaired) electrons. The van der Waals surface area contributed by atoms with Crippen molar-refractivity contribution >= 4 is 29.1 Å². The standard InChI is InChI=1S/C20H25ClN4O3/c1-24-17(9-10-22-24)20(27)25-11-3-4-14(13-25)5-8-19(26)23-16-12-15(21)6-7-18(16)28-2/h6-7,9-10,12,14H,3-5,8,11,13H2,1-2H3,(H,23,26)/t14-/m1/s1. The van der Waals surface area contributed by atoms with Crippen molar-refractivity contribution < 1.29 is 14.3 Å². The van der Waals surface area contributed by atoms with E-state index in [0.29, 0.717) is 41.0 Å². The first-order valence-electron chi connectivity index (χ1n) is 9.38. The summed E-state index contributed by atoms with van der Waals surface area (Å²) in [5.74, 6) is 0.787. The molecule has 1 aliphatic rings. The van der Waals surface area contributed by atoms with Gasteiger partial charge in [0.1, 0.15) is 11.4 Å². The van der Waals surface area contributed by atoms with Crippen LogP contribution in [-0.2, 0) is 11.8 Å². The van der Waals surface area contributed by atoms with E-state index in [1.54, 1.807) is 49.3 Å². The van der Waals surface area contributed by atoms with E-state index in [1.165, 1.54) is 0 Å². The van der Waals surface area contributed by atoms with Gasteiger partial charge in [0.15, 0.2) is 0 Å². The lowest BCUT2D eigenvalue weighted by atomic mass is 9.93. The van der Waals surface area contributed by atoms with Gasteiger partial charge in [0, 0.05) is 37.8 Å². The number of hydrogen-bond acceptors (Lipinski definition) is 4. The van der Waals surface area contributed by atoms with E-state index in [0.717, 1.165) is 25.8 Å². The van der Waals surface area contributed by atoms with Crippen LogP contribution in [0.4, 0.5) is 5.69 Å². The minimum absolute atomic E-state index is 0.00202. The van der Waals surface area contributed by atoms with Gasteiger partial charge in [-0.3, -0.25) is 14.3 Å². The van der Waals surface area contributed by atoms with Crippen LogP contribution in [-0.4, -0.2) is 46.7 Å². The van der Waals surface area contributed by atoms with Crippen LogP contribution in [0.25, 0.3) is 0 Å². The second-order valence-electron chi connectivity index (χ2n) is 7.03. The number of aryl methyl sites for hydroxylation is 1. The molecule has 0 unspecified atom stereocenters. The molecule has 1 aromatic carbocycles. The first-order chi connectivity index (χ1) is 13.5. The first-order valence-corrected chi connectivity index (χ1v) is 9.76. The predicted molar refractivity (Wildman–Crippen MR) is 108 cm³/mol. The van der Waals surface area contributed by atoms with Crippen molar-refractivity contribution in [3.8, 4) is 5.75 Å². The molecule has 0 saturated carbocycles. The molecular weight excluding hydrogens is 380 g/mol. The molecule has 1 fully saturated rings. The highest BCUT2D eigenvalue weighted by Crippen LogP contribution is 2.28. The number of nitrogens with zero attached hydrogens (tertiary/aromatic N) is 3. The Morgan fingerprint density at radius 1 is 1.36 bits per heavy atom. The van der Waals surface area contributed by atoms with Gasteiger partial charge in [-0.2, -0.15) is 5.10 Å². The SMILES string of the molecule is COc1ccc(Cl)cc1NC(=O)CC[C@H]1CCCN(C(=O)c2ccnn2C)C1. The number of aromatic nitrogens is 2. The van der Waals surface area contributed by atoms with Gasteiger partial charge in [-0.25, -0.2) is 0 Å². The first kappa shape index (κ1) is 20.2. The van der Waals surface area contributed by atoms with Gasteiger partial charge in [0.2, 0.25) is 5.91 Å². The van der Waals surface area contributed by atoms with Crippen molar-refractivity contribution in [2.45, 2.75) is 25.7 Å². The molecule has 8 heteroatoms. The monoisotopic (exact) mass is 404 g/mol. The lowest BCUT2D eigenvalue weighted by molar-refractivity contribution is -0.116. The zero-order valence-electron chi connectivity index (χ0n) is 16.2. The van der Waals surface area contributed by atoms with Crippen molar-refractivity contribution in [2.24, 2.45) is 13.0 Å². The molecule has 2 heterocycles. The Kier molecular flexibility index (Phi) is 6.57. The number of amides is 2. The second-order valence-corrected chi connectivity index (χ2v) is 7.47. The maximum atomic E-state index is 12.7. The number of piperidine rings is 1. The van der Waals surface area contributed by atoms with Crippen LogP contribution in [0, 0.1) is 5.92 Å². The summed E-state index contributed by atoms with van der Waals surface area (Å²) in [5.41, 5.74) is 1.16. The van der Waals surface area contributed by atoms with E-state index in [9.17, 15) is 9.59 Å². The maximum absolute atomic E-state index is 12.7. The summed E-state index contributed by atoms with van der Waals surface area (Å²) in [6.45, 7) is 1.41. The normalized spacial score (nSPS) is 16.7. The fraction of sp³-hybridized carbons (Fsp3) is 0.450. The molecule has 2 amide bonds. The van der Waals surface area contributed by atoms with Gasteiger partial charge >= 0.3 is 0 Å². The minimum Gasteiger partial charge on any atom is -0.495 e. The summed E-state index contributed by atoms with van der Waals surface area (Å²) >= 11 is 6.00. The number of nitrogens with one attached hydrogen (secondary N) is 1. The van der Waals surface area contributed by atoms with Crippen molar-refractivity contribution in [3.63, 3.8) is 0 Å². The molecule has 0 bridgehead atoms. The molecule has 0 aliphatic carbocycles. The summed E-state index contributed by atoms with van der Waals surface area (Å²) in [7, 11) is 3.32. The summed E-state index contributed by atoms with van der Waals surface area (Å²) in [6, 6.07) is 6.85. The maximum Gasteiger partial charge on any atom is 0.272 e. The fourth-order valence-electron chi connectivity index (χ4n) is 3.56. The largest absolute Gasteiger partial charge is 0.495 e. The number of carbonyl (C=O) groups is 2. The Morgan fingerprint density at radius 3 is 2.89 bits per heavy atom. The summed E-state index contributed by atoms with van der Waals surface area (Å²) in [6.07, 6.45) is 4.70. The van der Waals surface area contributed by atoms with Gasteiger partial charge in [0.25, 0.3) is 5.91 Å². The van der Waals surface area contributed by atoms with E-state index in [-0.39, 0.29) is 11.8 Å². The molecule has 0 spiro atoms. The van der Waals surface area contributed by atoms with Crippen LogP contribution in [0.2, 0.25) is 5.02 Å². The highest BCUT2D eigenvalue weighted by Gasteiger charge is 2.26. The molecule has 1 N–H and O–H groups in total. The second kappa shape index (κ2) is 9.10. The molecule has 28 heavy (non-hydrogen) atoms. The third kappa shape index (κ3) is 4.84. The molecule has 3 rings (SSSR count). The van der Waals surface area contributed by atoms with E-state index in [4.69, 9.17) is 16.3 Å². The fourth-order valence-corrected chi connectivity index (χ4v) is 3.73. The van der Waals surface area contributed by atoms with E-state index in [1.807, 2.05) is 4.90 Å². The van der Waals surface area contributed by atoms with Gasteiger partial charge in [-0.15, -0.1) is 0 Å². The highest BCUT2D eigenvalue weighted by atomic mass is 35.5. The number of hydrogen-bond donors (Lipinski definition) is 1. The van der Waals surface area contributed by atoms with E-state index >= 15 is 0 Å². The number of rotatable bonds is 6. The molecule has 1 aliphatic heterocycles. The minimum atomic E-state index is -0.0874. The van der Waals surface area contributed by atoms with Crippen LogP contribution >= 0.6 is 11.6 Å². The summed E-state index contributed by atoms with van der Waals surface area (Å²) in [4.78, 5) is 26.9. The lowest BCUT2D eigenvalue weighted by Crippen LogP contribution is -2.40. The Bertz CT molecular complexity index is 852. The number of benzene rings is 1. The zero-order valence-corrected chi connectivity index (χ0v) is 16.9. The van der Waals surface area contributed by atoms with Crippen LogP contribution in [0.15, 0.2) is 30.5 Å². The quantitative estimate of drug-likeness (QED) is 0.800. The molecule has 2 aromatic rings. The average Bonchev–Trinajstić information content (AvgIpc) is 3.12. The zero-order chi connectivity index (χ0) is 20.1. The van der Waals surface area contributed by atoms with Gasteiger partial charge in [-0.05, 0) is 49.4 Å². The van der Waals surface area contributed by atoms with E-state index < -0.39 is 0 Å². The summed E-state index contributed by atoms with van der Waals surface area (Å²) < 4.78 is 6.85. The van der Waals surface area contributed by atoms with Gasteiger partial charge in [0.05, 0.1) is 12.8 Å². The molecule has 1 saturated heterocycles. The molecule has 7 nitrogen and oxygen atoms in total. The highest BCUT2D eigenvalue weighted by molar-refractivity contribution is 6.31. The van der Waals surface area contributed by atoms with Crippen LogP contribution in [0.1, 0.15) is 36.2 Å².